The molecule has 25 heavy (non-hydrogen) atoms. The molecule has 1 heterocycles. The Hall–Kier alpha value is -2.69. The molecule has 0 amide bonds. The maximum absolute atomic E-state index is 14.2. The molecule has 1 aromatic heterocycles. The van der Waals surface area contributed by atoms with Crippen molar-refractivity contribution in [3.8, 4) is 22.4 Å². The predicted octanol–water partition coefficient (Wildman–Crippen LogP) is 5.02. The van der Waals surface area contributed by atoms with E-state index in [4.69, 9.17) is 0 Å². The summed E-state index contributed by atoms with van der Waals surface area (Å²) in [6.45, 7) is 3.06. The number of rotatable bonds is 2. The Morgan fingerprint density at radius 2 is 1.48 bits per heavy atom. The molecule has 128 valence electrons. The van der Waals surface area contributed by atoms with E-state index in [-0.39, 0.29) is 11.1 Å². The van der Waals surface area contributed by atoms with Gasteiger partial charge in [0, 0.05) is 23.3 Å². The number of hydrogen-bond donors (Lipinski definition) is 0. The standard InChI is InChI=1S/C20H16F4N/c1-11-10-13(7-8-14(11)15-6-4-5-9-25(15)3)16-12(2)17(21)19(23)20(24)18(16)22/h4-10H,1-3H3/q+1. The first kappa shape index (κ1) is 17.1. The highest BCUT2D eigenvalue weighted by Gasteiger charge is 2.24. The fraction of sp³-hybridized carbons (Fsp3) is 0.150. The van der Waals surface area contributed by atoms with Crippen LogP contribution in [0.1, 0.15) is 11.1 Å². The van der Waals surface area contributed by atoms with Crippen molar-refractivity contribution in [1.82, 2.24) is 0 Å². The third-order valence-corrected chi connectivity index (χ3v) is 4.35. The Labute approximate surface area is 143 Å². The minimum Gasteiger partial charge on any atom is -0.203 e. The van der Waals surface area contributed by atoms with Gasteiger partial charge in [-0.2, -0.15) is 0 Å². The maximum atomic E-state index is 14.2. The van der Waals surface area contributed by atoms with Crippen LogP contribution in [0.2, 0.25) is 0 Å². The van der Waals surface area contributed by atoms with E-state index in [9.17, 15) is 17.6 Å². The summed E-state index contributed by atoms with van der Waals surface area (Å²) in [5.41, 5.74) is 2.45. The molecule has 2 aromatic carbocycles. The average Bonchev–Trinajstić information content (AvgIpc) is 2.59. The van der Waals surface area contributed by atoms with Crippen LogP contribution in [-0.2, 0) is 7.05 Å². The predicted molar refractivity (Wildman–Crippen MR) is 87.8 cm³/mol. The lowest BCUT2D eigenvalue weighted by atomic mass is 9.94. The maximum Gasteiger partial charge on any atom is 0.212 e. The third-order valence-electron chi connectivity index (χ3n) is 4.35. The largest absolute Gasteiger partial charge is 0.212 e. The van der Waals surface area contributed by atoms with Crippen LogP contribution in [-0.4, -0.2) is 0 Å². The van der Waals surface area contributed by atoms with Gasteiger partial charge in [0.2, 0.25) is 5.69 Å². The van der Waals surface area contributed by atoms with E-state index in [1.165, 1.54) is 6.92 Å². The molecule has 0 unspecified atom stereocenters. The van der Waals surface area contributed by atoms with Crippen molar-refractivity contribution in [1.29, 1.82) is 0 Å². The van der Waals surface area contributed by atoms with Crippen molar-refractivity contribution in [2.75, 3.05) is 0 Å². The highest BCUT2D eigenvalue weighted by Crippen LogP contribution is 2.34. The van der Waals surface area contributed by atoms with Gasteiger partial charge in [-0.3, -0.25) is 0 Å². The number of benzene rings is 2. The molecule has 0 aliphatic heterocycles. The molecule has 0 radical (unpaired) electrons. The van der Waals surface area contributed by atoms with Crippen LogP contribution in [0.25, 0.3) is 22.4 Å². The molecule has 0 aliphatic carbocycles. The van der Waals surface area contributed by atoms with Crippen LogP contribution in [0.5, 0.6) is 0 Å². The summed E-state index contributed by atoms with van der Waals surface area (Å²) >= 11 is 0. The SMILES string of the molecule is Cc1cc(-c2c(C)c(F)c(F)c(F)c2F)ccc1-c1cccc[n+]1C. The molecular weight excluding hydrogens is 330 g/mol. The average molecular weight is 346 g/mol. The second-order valence-electron chi connectivity index (χ2n) is 5.98. The van der Waals surface area contributed by atoms with E-state index in [1.54, 1.807) is 18.2 Å². The van der Waals surface area contributed by atoms with E-state index in [0.717, 1.165) is 16.8 Å². The lowest BCUT2D eigenvalue weighted by Crippen LogP contribution is -2.30. The van der Waals surface area contributed by atoms with Gasteiger partial charge in [0.15, 0.2) is 29.5 Å². The van der Waals surface area contributed by atoms with Crippen LogP contribution in [0, 0.1) is 37.1 Å². The molecule has 3 aromatic rings. The molecule has 0 saturated carbocycles. The van der Waals surface area contributed by atoms with Gasteiger partial charge in [-0.05, 0) is 42.7 Å². The van der Waals surface area contributed by atoms with E-state index in [2.05, 4.69) is 0 Å². The van der Waals surface area contributed by atoms with Crippen molar-refractivity contribution in [3.63, 3.8) is 0 Å². The van der Waals surface area contributed by atoms with E-state index >= 15 is 0 Å². The first-order valence-corrected chi connectivity index (χ1v) is 7.71. The van der Waals surface area contributed by atoms with Crippen molar-refractivity contribution in [2.45, 2.75) is 13.8 Å². The second-order valence-corrected chi connectivity index (χ2v) is 5.98. The number of pyridine rings is 1. The number of nitrogens with zero attached hydrogens (tertiary/aromatic N) is 1. The summed E-state index contributed by atoms with van der Waals surface area (Å²) in [4.78, 5) is 0. The molecular formula is C20H16F4N+. The van der Waals surface area contributed by atoms with Crippen LogP contribution in [0.15, 0.2) is 42.6 Å². The molecule has 0 bridgehead atoms. The molecule has 5 heteroatoms. The van der Waals surface area contributed by atoms with E-state index in [1.807, 2.05) is 42.9 Å². The van der Waals surface area contributed by atoms with E-state index in [0.29, 0.717) is 5.56 Å². The Balaban J connectivity index is 2.19. The van der Waals surface area contributed by atoms with Crippen molar-refractivity contribution >= 4 is 0 Å². The van der Waals surface area contributed by atoms with Crippen LogP contribution >= 0.6 is 0 Å². The molecule has 0 saturated heterocycles. The second kappa shape index (κ2) is 6.31. The fourth-order valence-electron chi connectivity index (χ4n) is 2.99. The zero-order valence-electron chi connectivity index (χ0n) is 14.0. The molecule has 1 nitrogen and oxygen atoms in total. The van der Waals surface area contributed by atoms with Gasteiger partial charge < -0.3 is 0 Å². The van der Waals surface area contributed by atoms with E-state index < -0.39 is 23.3 Å². The van der Waals surface area contributed by atoms with Gasteiger partial charge in [-0.15, -0.1) is 0 Å². The van der Waals surface area contributed by atoms with Gasteiger partial charge in [0.25, 0.3) is 0 Å². The Morgan fingerprint density at radius 1 is 0.800 bits per heavy atom. The van der Waals surface area contributed by atoms with Gasteiger partial charge in [0.1, 0.15) is 7.05 Å². The zero-order valence-corrected chi connectivity index (χ0v) is 14.0. The smallest absolute Gasteiger partial charge is 0.203 e. The van der Waals surface area contributed by atoms with Crippen LogP contribution < -0.4 is 4.57 Å². The van der Waals surface area contributed by atoms with Gasteiger partial charge >= 0.3 is 0 Å². The van der Waals surface area contributed by atoms with Crippen molar-refractivity contribution < 1.29 is 22.1 Å². The Bertz CT molecular complexity index is 951. The normalized spacial score (nSPS) is 11.0. The zero-order chi connectivity index (χ0) is 18.3. The molecule has 0 atom stereocenters. The monoisotopic (exact) mass is 346 g/mol. The molecule has 0 N–H and O–H groups in total. The number of hydrogen-bond acceptors (Lipinski definition) is 0. The molecule has 0 fully saturated rings. The van der Waals surface area contributed by atoms with Crippen molar-refractivity contribution in [3.05, 3.63) is 77.0 Å². The molecule has 3 rings (SSSR count). The Morgan fingerprint density at radius 3 is 2.12 bits per heavy atom. The first-order valence-electron chi connectivity index (χ1n) is 7.71. The fourth-order valence-corrected chi connectivity index (χ4v) is 2.99. The highest BCUT2D eigenvalue weighted by molar-refractivity contribution is 5.73. The summed E-state index contributed by atoms with van der Waals surface area (Å²) in [6.07, 6.45) is 1.90. The first-order chi connectivity index (χ1) is 11.8. The summed E-state index contributed by atoms with van der Waals surface area (Å²) in [7, 11) is 1.90. The lowest BCUT2D eigenvalue weighted by molar-refractivity contribution is -0.660. The minimum atomic E-state index is -1.80. The summed E-state index contributed by atoms with van der Waals surface area (Å²) in [6, 6.07) is 10.7. The summed E-state index contributed by atoms with van der Waals surface area (Å²) in [5, 5.41) is 0. The van der Waals surface area contributed by atoms with Gasteiger partial charge in [-0.1, -0.05) is 12.1 Å². The van der Waals surface area contributed by atoms with Gasteiger partial charge in [-0.25, -0.2) is 22.1 Å². The molecule has 0 aliphatic rings. The number of halogens is 4. The van der Waals surface area contributed by atoms with Crippen LogP contribution in [0.4, 0.5) is 17.6 Å². The minimum absolute atomic E-state index is 0.256. The number of aromatic nitrogens is 1. The lowest BCUT2D eigenvalue weighted by Gasteiger charge is -2.13. The molecule has 0 spiro atoms. The third kappa shape index (κ3) is 2.80. The summed E-state index contributed by atoms with van der Waals surface area (Å²) < 4.78 is 57.0. The van der Waals surface area contributed by atoms with Crippen LogP contribution in [0.3, 0.4) is 0 Å². The van der Waals surface area contributed by atoms with Crippen molar-refractivity contribution in [2.24, 2.45) is 7.05 Å². The topological polar surface area (TPSA) is 3.88 Å². The summed E-state index contributed by atoms with van der Waals surface area (Å²) in [5.74, 6) is -6.34. The number of aryl methyl sites for hydroxylation is 2. The van der Waals surface area contributed by atoms with Gasteiger partial charge in [0.05, 0.1) is 0 Å². The highest BCUT2D eigenvalue weighted by atomic mass is 19.2. The Kier molecular flexibility index (Phi) is 4.33. The quantitative estimate of drug-likeness (QED) is 0.266.